The van der Waals surface area contributed by atoms with Crippen LogP contribution in [0.15, 0.2) is 36.4 Å². The van der Waals surface area contributed by atoms with Gasteiger partial charge in [-0.05, 0) is 24.6 Å². The van der Waals surface area contributed by atoms with E-state index in [2.05, 4.69) is 0 Å². The largest absolute Gasteiger partial charge is 0.508 e. The van der Waals surface area contributed by atoms with Gasteiger partial charge >= 0.3 is 5.97 Å². The fourth-order valence-electron chi connectivity index (χ4n) is 1.80. The third kappa shape index (κ3) is 3.34. The standard InChI is InChI=1S/C14H18O3/c1-4-5-13(10(2)14(16)17-3)11-6-8-12(15)9-7-11/h4-10,13,15H,1-3H3/t10-,13+/m0/s1. The van der Waals surface area contributed by atoms with E-state index in [1.54, 1.807) is 12.1 Å². The number of phenolic OH excluding ortho intramolecular Hbond substituents is 1. The first-order valence-corrected chi connectivity index (χ1v) is 5.59. The Bertz CT molecular complexity index is 392. The van der Waals surface area contributed by atoms with Gasteiger partial charge in [0.05, 0.1) is 13.0 Å². The van der Waals surface area contributed by atoms with E-state index in [0.717, 1.165) is 5.56 Å². The van der Waals surface area contributed by atoms with E-state index >= 15 is 0 Å². The van der Waals surface area contributed by atoms with E-state index in [1.165, 1.54) is 7.11 Å². The highest BCUT2D eigenvalue weighted by Crippen LogP contribution is 2.28. The maximum Gasteiger partial charge on any atom is 0.309 e. The molecule has 0 saturated carbocycles. The Morgan fingerprint density at radius 1 is 1.35 bits per heavy atom. The summed E-state index contributed by atoms with van der Waals surface area (Å²) in [6.45, 7) is 3.75. The maximum absolute atomic E-state index is 11.6. The summed E-state index contributed by atoms with van der Waals surface area (Å²) in [4.78, 5) is 11.6. The fourth-order valence-corrected chi connectivity index (χ4v) is 1.80. The number of hydrogen-bond donors (Lipinski definition) is 1. The molecule has 0 radical (unpaired) electrons. The summed E-state index contributed by atoms with van der Waals surface area (Å²) in [5.41, 5.74) is 0.985. The Morgan fingerprint density at radius 3 is 2.41 bits per heavy atom. The molecular formula is C14H18O3. The minimum atomic E-state index is -0.249. The van der Waals surface area contributed by atoms with Crippen LogP contribution in [0.25, 0.3) is 0 Å². The molecule has 17 heavy (non-hydrogen) atoms. The molecule has 92 valence electrons. The van der Waals surface area contributed by atoms with Crippen molar-refractivity contribution in [1.29, 1.82) is 0 Å². The zero-order valence-corrected chi connectivity index (χ0v) is 10.4. The van der Waals surface area contributed by atoms with Crippen molar-refractivity contribution >= 4 is 5.97 Å². The molecule has 0 bridgehead atoms. The van der Waals surface area contributed by atoms with Gasteiger partial charge in [0.1, 0.15) is 5.75 Å². The van der Waals surface area contributed by atoms with Gasteiger partial charge in [-0.1, -0.05) is 31.2 Å². The van der Waals surface area contributed by atoms with Gasteiger partial charge in [-0.2, -0.15) is 0 Å². The number of aromatic hydroxyl groups is 1. The van der Waals surface area contributed by atoms with Gasteiger partial charge in [-0.25, -0.2) is 0 Å². The molecule has 2 atom stereocenters. The first kappa shape index (κ1) is 13.3. The van der Waals surface area contributed by atoms with Crippen LogP contribution in [-0.4, -0.2) is 18.2 Å². The third-order valence-corrected chi connectivity index (χ3v) is 2.79. The van der Waals surface area contributed by atoms with Crippen molar-refractivity contribution in [3.8, 4) is 5.75 Å². The molecule has 1 rings (SSSR count). The summed E-state index contributed by atoms with van der Waals surface area (Å²) in [5, 5.41) is 9.25. The SMILES string of the molecule is CC=C[C@@H](c1ccc(O)cc1)[C@H](C)C(=O)OC. The van der Waals surface area contributed by atoms with Crippen LogP contribution in [0.5, 0.6) is 5.75 Å². The summed E-state index contributed by atoms with van der Waals surface area (Å²) in [7, 11) is 1.39. The Morgan fingerprint density at radius 2 is 1.94 bits per heavy atom. The van der Waals surface area contributed by atoms with Crippen LogP contribution in [0.2, 0.25) is 0 Å². The lowest BCUT2D eigenvalue weighted by Crippen LogP contribution is -2.19. The zero-order valence-electron chi connectivity index (χ0n) is 10.4. The highest BCUT2D eigenvalue weighted by Gasteiger charge is 2.23. The second kappa shape index (κ2) is 6.09. The van der Waals surface area contributed by atoms with Crippen LogP contribution in [0.3, 0.4) is 0 Å². The van der Waals surface area contributed by atoms with Gasteiger partial charge in [0.2, 0.25) is 0 Å². The van der Waals surface area contributed by atoms with Crippen LogP contribution in [-0.2, 0) is 9.53 Å². The van der Waals surface area contributed by atoms with Crippen LogP contribution in [0, 0.1) is 5.92 Å². The van der Waals surface area contributed by atoms with Crippen molar-refractivity contribution in [1.82, 2.24) is 0 Å². The normalized spacial score (nSPS) is 14.5. The predicted octanol–water partition coefficient (Wildman–Crippen LogP) is 2.86. The van der Waals surface area contributed by atoms with Crippen molar-refractivity contribution in [2.45, 2.75) is 19.8 Å². The van der Waals surface area contributed by atoms with Crippen LogP contribution in [0.1, 0.15) is 25.3 Å². The molecule has 1 N–H and O–H groups in total. The van der Waals surface area contributed by atoms with Gasteiger partial charge in [-0.3, -0.25) is 4.79 Å². The molecule has 0 saturated heterocycles. The van der Waals surface area contributed by atoms with E-state index in [9.17, 15) is 9.90 Å². The van der Waals surface area contributed by atoms with Crippen LogP contribution >= 0.6 is 0 Å². The summed E-state index contributed by atoms with van der Waals surface area (Å²) in [5.74, 6) is -0.298. The molecule has 3 heteroatoms. The van der Waals surface area contributed by atoms with E-state index in [-0.39, 0.29) is 23.6 Å². The van der Waals surface area contributed by atoms with E-state index in [0.29, 0.717) is 0 Å². The molecule has 0 aromatic heterocycles. The average molecular weight is 234 g/mol. The summed E-state index contributed by atoms with van der Waals surface area (Å²) in [6.07, 6.45) is 3.88. The second-order valence-corrected chi connectivity index (χ2v) is 3.95. The summed E-state index contributed by atoms with van der Waals surface area (Å²) in [6, 6.07) is 6.88. The highest BCUT2D eigenvalue weighted by atomic mass is 16.5. The number of ether oxygens (including phenoxy) is 1. The lowest BCUT2D eigenvalue weighted by atomic mass is 9.87. The van der Waals surface area contributed by atoms with Crippen molar-refractivity contribution in [2.24, 2.45) is 5.92 Å². The molecule has 0 unspecified atom stereocenters. The molecule has 0 heterocycles. The number of rotatable bonds is 4. The zero-order chi connectivity index (χ0) is 12.8. The first-order chi connectivity index (χ1) is 8.10. The third-order valence-electron chi connectivity index (χ3n) is 2.79. The quantitative estimate of drug-likeness (QED) is 0.643. The Hall–Kier alpha value is -1.77. The molecule has 0 aliphatic heterocycles. The fraction of sp³-hybridized carbons (Fsp3) is 0.357. The Kier molecular flexibility index (Phi) is 4.76. The Labute approximate surface area is 102 Å². The number of benzene rings is 1. The minimum absolute atomic E-state index is 0.0342. The van der Waals surface area contributed by atoms with E-state index in [1.807, 2.05) is 38.1 Å². The number of allylic oxidation sites excluding steroid dienone is 2. The van der Waals surface area contributed by atoms with Gasteiger partial charge in [0.15, 0.2) is 0 Å². The second-order valence-electron chi connectivity index (χ2n) is 3.95. The molecule has 0 aliphatic rings. The monoisotopic (exact) mass is 234 g/mol. The van der Waals surface area contributed by atoms with Crippen LogP contribution < -0.4 is 0 Å². The number of phenols is 1. The van der Waals surface area contributed by atoms with Crippen molar-refractivity contribution in [2.75, 3.05) is 7.11 Å². The first-order valence-electron chi connectivity index (χ1n) is 5.59. The summed E-state index contributed by atoms with van der Waals surface area (Å²) >= 11 is 0. The number of methoxy groups -OCH3 is 1. The minimum Gasteiger partial charge on any atom is -0.508 e. The summed E-state index contributed by atoms with van der Waals surface area (Å²) < 4.78 is 4.76. The van der Waals surface area contributed by atoms with Gasteiger partial charge in [0, 0.05) is 5.92 Å². The van der Waals surface area contributed by atoms with Crippen molar-refractivity contribution < 1.29 is 14.6 Å². The topological polar surface area (TPSA) is 46.5 Å². The molecule has 1 aromatic rings. The number of esters is 1. The van der Waals surface area contributed by atoms with Crippen molar-refractivity contribution in [3.63, 3.8) is 0 Å². The lowest BCUT2D eigenvalue weighted by molar-refractivity contribution is -0.145. The maximum atomic E-state index is 11.6. The molecule has 0 amide bonds. The predicted molar refractivity (Wildman–Crippen MR) is 66.8 cm³/mol. The number of carbonyl (C=O) groups is 1. The van der Waals surface area contributed by atoms with Crippen LogP contribution in [0.4, 0.5) is 0 Å². The van der Waals surface area contributed by atoms with E-state index < -0.39 is 0 Å². The number of carbonyl (C=O) groups excluding carboxylic acids is 1. The smallest absolute Gasteiger partial charge is 0.309 e. The van der Waals surface area contributed by atoms with E-state index in [4.69, 9.17) is 4.74 Å². The molecule has 0 fully saturated rings. The average Bonchev–Trinajstić information content (AvgIpc) is 2.35. The van der Waals surface area contributed by atoms with Crippen molar-refractivity contribution in [3.05, 3.63) is 42.0 Å². The molecular weight excluding hydrogens is 216 g/mol. The van der Waals surface area contributed by atoms with Gasteiger partial charge in [0.25, 0.3) is 0 Å². The highest BCUT2D eigenvalue weighted by molar-refractivity contribution is 5.73. The van der Waals surface area contributed by atoms with Gasteiger partial charge < -0.3 is 9.84 Å². The molecule has 1 aromatic carbocycles. The van der Waals surface area contributed by atoms with Gasteiger partial charge in [-0.15, -0.1) is 0 Å². The Balaban J connectivity index is 3.00. The lowest BCUT2D eigenvalue weighted by Gasteiger charge is -2.19. The molecule has 0 spiro atoms. The molecule has 3 nitrogen and oxygen atoms in total. The molecule has 0 aliphatic carbocycles. The number of hydrogen-bond acceptors (Lipinski definition) is 3.